The highest BCUT2D eigenvalue weighted by molar-refractivity contribution is 5.96. The summed E-state index contributed by atoms with van der Waals surface area (Å²) in [6.45, 7) is 3.46. The van der Waals surface area contributed by atoms with Gasteiger partial charge in [-0.05, 0) is 48.1 Å². The second-order valence-electron chi connectivity index (χ2n) is 8.44. The van der Waals surface area contributed by atoms with Gasteiger partial charge in [0.1, 0.15) is 0 Å². The lowest BCUT2D eigenvalue weighted by Gasteiger charge is -2.15. The fraction of sp³-hybridized carbons (Fsp3) is 0.476. The van der Waals surface area contributed by atoms with Crippen LogP contribution >= 0.6 is 0 Å². The van der Waals surface area contributed by atoms with Gasteiger partial charge < -0.3 is 15.7 Å². The molecule has 178 valence electrons. The fourth-order valence-corrected chi connectivity index (χ4v) is 3.42. The van der Waals surface area contributed by atoms with E-state index >= 15 is 0 Å². The molecule has 1 heterocycles. The number of carboxylic acid groups (broad SMARTS) is 1. The number of carbonyl (C=O) groups excluding carboxylic acids is 2. The minimum Gasteiger partial charge on any atom is -0.475 e. The normalized spacial score (nSPS) is 20.1. The first-order valence-electron chi connectivity index (χ1n) is 10.3. The Kier molecular flexibility index (Phi) is 7.04. The van der Waals surface area contributed by atoms with E-state index in [-0.39, 0.29) is 17.2 Å². The molecule has 0 aliphatic heterocycles. The Balaban J connectivity index is 0.000000383. The number of hydrogen-bond donors (Lipinski definition) is 4. The van der Waals surface area contributed by atoms with Crippen LogP contribution in [0.1, 0.15) is 52.6 Å². The first-order chi connectivity index (χ1) is 15.5. The highest BCUT2D eigenvalue weighted by atomic mass is 19.4. The number of halogens is 3. The quantitative estimate of drug-likeness (QED) is 0.493. The van der Waals surface area contributed by atoms with E-state index in [1.165, 1.54) is 6.20 Å². The highest BCUT2D eigenvalue weighted by Crippen LogP contribution is 2.48. The lowest BCUT2D eigenvalue weighted by atomic mass is 9.93. The molecule has 0 radical (unpaired) electrons. The van der Waals surface area contributed by atoms with Crippen molar-refractivity contribution in [3.8, 4) is 0 Å². The summed E-state index contributed by atoms with van der Waals surface area (Å²) in [4.78, 5) is 33.3. The average Bonchev–Trinajstić information content (AvgIpc) is 3.64. The zero-order valence-electron chi connectivity index (χ0n) is 17.8. The van der Waals surface area contributed by atoms with Crippen molar-refractivity contribution in [3.05, 3.63) is 47.3 Å². The van der Waals surface area contributed by atoms with Gasteiger partial charge >= 0.3 is 12.1 Å². The van der Waals surface area contributed by atoms with E-state index in [0.29, 0.717) is 30.6 Å². The van der Waals surface area contributed by atoms with Gasteiger partial charge in [0.15, 0.2) is 5.69 Å². The maximum absolute atomic E-state index is 12.6. The van der Waals surface area contributed by atoms with Crippen molar-refractivity contribution in [1.29, 1.82) is 0 Å². The van der Waals surface area contributed by atoms with Crippen molar-refractivity contribution >= 4 is 17.8 Å². The third-order valence-electron chi connectivity index (χ3n) is 5.83. The van der Waals surface area contributed by atoms with Crippen molar-refractivity contribution < 1.29 is 32.7 Å². The second-order valence-corrected chi connectivity index (χ2v) is 8.44. The van der Waals surface area contributed by atoms with Crippen LogP contribution in [0, 0.1) is 11.8 Å². The molecule has 4 N–H and O–H groups in total. The first kappa shape index (κ1) is 24.2. The summed E-state index contributed by atoms with van der Waals surface area (Å²) < 4.78 is 31.7. The molecule has 2 aliphatic rings. The number of nitrogens with zero attached hydrogens (tertiary/aromatic N) is 2. The number of carbonyl (C=O) groups is 3. The molecule has 12 heteroatoms. The number of rotatable bonds is 7. The Bertz CT molecular complexity index is 1010. The standard InChI is InChI=1S/C19H23N5O2.C2HF3O2/c1-19(6-7-19)15-5-3-2-4-14(15)17(25)20-9-12-8-13(12)10-21-18(26)16-11-22-24-23-16;3-2(4,5)1(6)7/h2-5,11-13H,6-10H2,1H3,(H,20,25)(H,21,26)(H,22,23,24);(H,6,7)/t12-,13-;/m0./s1. The van der Waals surface area contributed by atoms with Gasteiger partial charge in [-0.15, -0.1) is 0 Å². The highest BCUT2D eigenvalue weighted by Gasteiger charge is 2.42. The summed E-state index contributed by atoms with van der Waals surface area (Å²) in [5.74, 6) is -2.15. The Morgan fingerprint density at radius 1 is 1.12 bits per heavy atom. The summed E-state index contributed by atoms with van der Waals surface area (Å²) in [6.07, 6.45) is -0.378. The number of aromatic nitrogens is 3. The summed E-state index contributed by atoms with van der Waals surface area (Å²) in [7, 11) is 0. The summed E-state index contributed by atoms with van der Waals surface area (Å²) in [6, 6.07) is 7.91. The monoisotopic (exact) mass is 467 g/mol. The molecule has 4 rings (SSSR count). The molecule has 1 aromatic carbocycles. The van der Waals surface area contributed by atoms with Gasteiger partial charge in [0.05, 0.1) is 6.20 Å². The van der Waals surface area contributed by atoms with Crippen LogP contribution < -0.4 is 10.6 Å². The molecule has 1 aromatic heterocycles. The zero-order valence-corrected chi connectivity index (χ0v) is 17.8. The van der Waals surface area contributed by atoms with Crippen molar-refractivity contribution in [2.45, 2.75) is 37.8 Å². The molecule has 2 atom stereocenters. The van der Waals surface area contributed by atoms with E-state index in [9.17, 15) is 22.8 Å². The fourth-order valence-electron chi connectivity index (χ4n) is 3.42. The number of H-pyrrole nitrogens is 1. The van der Waals surface area contributed by atoms with E-state index in [2.05, 4.69) is 39.0 Å². The molecule has 2 amide bonds. The van der Waals surface area contributed by atoms with Crippen molar-refractivity contribution in [2.24, 2.45) is 11.8 Å². The van der Waals surface area contributed by atoms with Gasteiger partial charge in [0.2, 0.25) is 0 Å². The number of nitrogens with one attached hydrogen (secondary N) is 3. The Morgan fingerprint density at radius 2 is 1.70 bits per heavy atom. The number of benzene rings is 1. The van der Waals surface area contributed by atoms with Crippen LogP contribution in [0.4, 0.5) is 13.2 Å². The minimum absolute atomic E-state index is 0.00556. The SMILES string of the molecule is CC1(c2ccccc2C(=O)NC[C@@H]2C[C@H]2CNC(=O)c2cn[nH]n2)CC1.O=C(O)C(F)(F)F. The van der Waals surface area contributed by atoms with E-state index < -0.39 is 12.1 Å². The predicted octanol–water partition coefficient (Wildman–Crippen LogP) is 2.29. The molecule has 2 aliphatic carbocycles. The molecule has 9 nitrogen and oxygen atoms in total. The molecule has 2 fully saturated rings. The molecule has 0 spiro atoms. The van der Waals surface area contributed by atoms with Gasteiger partial charge in [-0.25, -0.2) is 4.79 Å². The van der Waals surface area contributed by atoms with E-state index in [4.69, 9.17) is 9.90 Å². The van der Waals surface area contributed by atoms with Gasteiger partial charge in [0.25, 0.3) is 11.8 Å². The number of alkyl halides is 3. The van der Waals surface area contributed by atoms with Crippen LogP contribution in [-0.4, -0.2) is 57.6 Å². The third-order valence-corrected chi connectivity index (χ3v) is 5.83. The van der Waals surface area contributed by atoms with Crippen molar-refractivity contribution in [3.63, 3.8) is 0 Å². The van der Waals surface area contributed by atoms with Gasteiger partial charge in [0, 0.05) is 18.7 Å². The number of aromatic amines is 1. The average molecular weight is 467 g/mol. The topological polar surface area (TPSA) is 137 Å². The molecule has 2 saturated carbocycles. The first-order valence-corrected chi connectivity index (χ1v) is 10.3. The Labute approximate surface area is 187 Å². The smallest absolute Gasteiger partial charge is 0.475 e. The van der Waals surface area contributed by atoms with Gasteiger partial charge in [-0.3, -0.25) is 9.59 Å². The molecule has 33 heavy (non-hydrogen) atoms. The molecular weight excluding hydrogens is 443 g/mol. The van der Waals surface area contributed by atoms with Crippen LogP contribution in [0.2, 0.25) is 0 Å². The van der Waals surface area contributed by atoms with Crippen LogP contribution in [-0.2, 0) is 10.2 Å². The molecular formula is C21H24F3N5O4. The van der Waals surface area contributed by atoms with Crippen LogP contribution in [0.25, 0.3) is 0 Å². The summed E-state index contributed by atoms with van der Waals surface area (Å²) in [5, 5.41) is 22.9. The summed E-state index contributed by atoms with van der Waals surface area (Å²) >= 11 is 0. The van der Waals surface area contributed by atoms with Gasteiger partial charge in [-0.2, -0.15) is 28.6 Å². The number of carboxylic acids is 1. The maximum Gasteiger partial charge on any atom is 0.490 e. The lowest BCUT2D eigenvalue weighted by molar-refractivity contribution is -0.192. The van der Waals surface area contributed by atoms with E-state index in [1.54, 1.807) is 0 Å². The second kappa shape index (κ2) is 9.59. The molecule has 2 aromatic rings. The third kappa shape index (κ3) is 6.53. The Morgan fingerprint density at radius 3 is 2.21 bits per heavy atom. The number of amides is 2. The zero-order chi connectivity index (χ0) is 24.2. The molecule has 0 unspecified atom stereocenters. The van der Waals surface area contributed by atoms with Crippen molar-refractivity contribution in [1.82, 2.24) is 26.0 Å². The number of hydrogen-bond acceptors (Lipinski definition) is 5. The van der Waals surface area contributed by atoms with Crippen LogP contribution in [0.15, 0.2) is 30.5 Å². The van der Waals surface area contributed by atoms with Gasteiger partial charge in [-0.1, -0.05) is 25.1 Å². The van der Waals surface area contributed by atoms with E-state index in [1.807, 2.05) is 18.2 Å². The lowest BCUT2D eigenvalue weighted by Crippen LogP contribution is -2.30. The van der Waals surface area contributed by atoms with Crippen LogP contribution in [0.3, 0.4) is 0 Å². The van der Waals surface area contributed by atoms with Crippen molar-refractivity contribution in [2.75, 3.05) is 13.1 Å². The predicted molar refractivity (Wildman–Crippen MR) is 109 cm³/mol. The largest absolute Gasteiger partial charge is 0.490 e. The van der Waals surface area contributed by atoms with E-state index in [0.717, 1.165) is 30.4 Å². The molecule has 0 saturated heterocycles. The van der Waals surface area contributed by atoms with Crippen LogP contribution in [0.5, 0.6) is 0 Å². The summed E-state index contributed by atoms with van der Waals surface area (Å²) in [5.41, 5.74) is 2.41. The molecule has 0 bridgehead atoms. The Hall–Kier alpha value is -3.44. The minimum atomic E-state index is -5.08. The maximum atomic E-state index is 12.6. The number of aliphatic carboxylic acids is 1.